The van der Waals surface area contributed by atoms with Crippen LogP contribution in [0.4, 0.5) is 0 Å². The van der Waals surface area contributed by atoms with Crippen LogP contribution in [0.1, 0.15) is 59.4 Å². The second kappa shape index (κ2) is 15.4. The van der Waals surface area contributed by atoms with Gasteiger partial charge in [-0.25, -0.2) is 0 Å². The van der Waals surface area contributed by atoms with Crippen LogP contribution in [-0.2, 0) is 20.8 Å². The zero-order valence-electron chi connectivity index (χ0n) is 22.8. The third-order valence-corrected chi connectivity index (χ3v) is 6.47. The lowest BCUT2D eigenvalue weighted by Crippen LogP contribution is -2.54. The van der Waals surface area contributed by atoms with Gasteiger partial charge in [-0.2, -0.15) is 0 Å². The Bertz CT molecular complexity index is 853. The zero-order valence-corrected chi connectivity index (χ0v) is 22.8. The molecule has 0 aliphatic carbocycles. The lowest BCUT2D eigenvalue weighted by molar-refractivity contribution is -0.137. The van der Waals surface area contributed by atoms with E-state index < -0.39 is 12.1 Å². The molecule has 1 aliphatic rings. The van der Waals surface area contributed by atoms with Crippen molar-refractivity contribution in [2.24, 2.45) is 11.8 Å². The molecule has 1 aliphatic heterocycles. The highest BCUT2D eigenvalue weighted by Crippen LogP contribution is 2.12. The van der Waals surface area contributed by atoms with E-state index in [4.69, 9.17) is 0 Å². The molecule has 2 N–H and O–H groups in total. The molecule has 36 heavy (non-hydrogen) atoms. The van der Waals surface area contributed by atoms with E-state index in [1.807, 2.05) is 40.2 Å². The summed E-state index contributed by atoms with van der Waals surface area (Å²) in [6.45, 7) is 12.4. The molecule has 2 rings (SSSR count). The highest BCUT2D eigenvalue weighted by molar-refractivity contribution is 5.90. The molecule has 0 fully saturated rings. The van der Waals surface area contributed by atoms with Crippen LogP contribution >= 0.6 is 0 Å². The van der Waals surface area contributed by atoms with Crippen molar-refractivity contribution in [1.82, 2.24) is 20.4 Å². The first kappa shape index (κ1) is 29.6. The van der Waals surface area contributed by atoms with Gasteiger partial charge in [-0.3, -0.25) is 19.7 Å². The summed E-state index contributed by atoms with van der Waals surface area (Å²) in [5, 5.41) is 6.02. The lowest BCUT2D eigenvalue weighted by Gasteiger charge is -2.30. The van der Waals surface area contributed by atoms with Gasteiger partial charge in [0.15, 0.2) is 0 Å². The Kier molecular flexibility index (Phi) is 12.7. The van der Waals surface area contributed by atoms with E-state index in [0.717, 1.165) is 19.3 Å². The van der Waals surface area contributed by atoms with Gasteiger partial charge < -0.3 is 15.1 Å². The Balaban J connectivity index is 2.17. The van der Waals surface area contributed by atoms with E-state index in [0.29, 0.717) is 38.5 Å². The van der Waals surface area contributed by atoms with Crippen molar-refractivity contribution in [3.8, 4) is 0 Å². The molecule has 0 saturated heterocycles. The smallest absolute Gasteiger partial charge is 0.245 e. The number of benzene rings is 1. The van der Waals surface area contributed by atoms with Crippen LogP contribution in [0.5, 0.6) is 0 Å². The van der Waals surface area contributed by atoms with Crippen LogP contribution in [0.15, 0.2) is 42.5 Å². The normalized spacial score (nSPS) is 21.6. The van der Waals surface area contributed by atoms with Gasteiger partial charge in [-0.1, -0.05) is 70.2 Å². The minimum Gasteiger partial charge on any atom is -0.343 e. The number of carbonyl (C=O) groups is 3. The maximum atomic E-state index is 13.5. The quantitative estimate of drug-likeness (QED) is 0.512. The summed E-state index contributed by atoms with van der Waals surface area (Å²) in [7, 11) is 0. The van der Waals surface area contributed by atoms with E-state index in [9.17, 15) is 14.4 Å². The summed E-state index contributed by atoms with van der Waals surface area (Å²) in [6.07, 6.45) is 7.19. The second-order valence-electron chi connectivity index (χ2n) is 10.7. The van der Waals surface area contributed by atoms with E-state index in [1.165, 1.54) is 5.56 Å². The van der Waals surface area contributed by atoms with E-state index in [1.54, 1.807) is 6.92 Å². The summed E-state index contributed by atoms with van der Waals surface area (Å²) < 4.78 is 0. The topological polar surface area (TPSA) is 81.8 Å². The van der Waals surface area contributed by atoms with Gasteiger partial charge in [-0.05, 0) is 50.0 Å². The summed E-state index contributed by atoms with van der Waals surface area (Å²) in [5.41, 5.74) is 1.25. The molecule has 3 amide bonds. The monoisotopic (exact) mass is 498 g/mol. The van der Waals surface area contributed by atoms with Crippen molar-refractivity contribution in [3.05, 3.63) is 48.0 Å². The van der Waals surface area contributed by atoms with Crippen molar-refractivity contribution in [2.45, 2.75) is 72.4 Å². The number of hydrogen-bond donors (Lipinski definition) is 2. The number of amides is 3. The van der Waals surface area contributed by atoms with Gasteiger partial charge in [0.2, 0.25) is 17.7 Å². The third-order valence-electron chi connectivity index (χ3n) is 6.47. The van der Waals surface area contributed by atoms with Crippen molar-refractivity contribution >= 4 is 17.7 Å². The highest BCUT2D eigenvalue weighted by atomic mass is 16.2. The van der Waals surface area contributed by atoms with Crippen LogP contribution in [-0.4, -0.2) is 72.3 Å². The molecule has 0 spiro atoms. The number of aryl methyl sites for hydroxylation is 1. The fourth-order valence-corrected chi connectivity index (χ4v) is 4.20. The molecule has 0 unspecified atom stereocenters. The Morgan fingerprint density at radius 2 is 1.58 bits per heavy atom. The highest BCUT2D eigenvalue weighted by Gasteiger charge is 2.28. The molecule has 7 heteroatoms. The maximum absolute atomic E-state index is 13.5. The molecular formula is C29H46N4O3. The number of nitrogens with one attached hydrogen (secondary N) is 2. The lowest BCUT2D eigenvalue weighted by atomic mass is 10.0. The Labute approximate surface area is 217 Å². The molecule has 0 saturated carbocycles. The number of hydrogen-bond acceptors (Lipinski definition) is 4. The van der Waals surface area contributed by atoms with Gasteiger partial charge in [-0.15, -0.1) is 0 Å². The van der Waals surface area contributed by atoms with Crippen molar-refractivity contribution in [1.29, 1.82) is 0 Å². The molecule has 0 bridgehead atoms. The molecule has 1 aromatic rings. The fourth-order valence-electron chi connectivity index (χ4n) is 4.20. The van der Waals surface area contributed by atoms with Gasteiger partial charge in [0.25, 0.3) is 0 Å². The molecule has 7 nitrogen and oxygen atoms in total. The van der Waals surface area contributed by atoms with Crippen LogP contribution in [0.2, 0.25) is 0 Å². The minimum atomic E-state index is -0.579. The molecular weight excluding hydrogens is 452 g/mol. The average molecular weight is 499 g/mol. The standard InChI is InChI=1S/C29H46N4O3/c1-22(2)15-19-33-17-10-9-16-32(18-11-14-25-12-7-6-8-13-25)27(34)21-30-24(5)28(35)31-26(29(33)36)20-23(3)4/h6-10,12-13,22-24,26,30H,11,14-21H2,1-5H3,(H,31,35)/b10-9+/t24-,26-/m0/s1. The first-order chi connectivity index (χ1) is 17.2. The maximum Gasteiger partial charge on any atom is 0.245 e. The van der Waals surface area contributed by atoms with Crippen molar-refractivity contribution < 1.29 is 14.4 Å². The SMILES string of the molecule is CC(C)CCN1C/C=C/CN(CCCc2ccccc2)C(=O)CN[C@@H](C)C(=O)N[C@@H](CC(C)C)C1=O. The Hall–Kier alpha value is -2.67. The summed E-state index contributed by atoms with van der Waals surface area (Å²) >= 11 is 0. The van der Waals surface area contributed by atoms with Gasteiger partial charge in [0.05, 0.1) is 12.6 Å². The van der Waals surface area contributed by atoms with Crippen LogP contribution in [0.3, 0.4) is 0 Å². The first-order valence-corrected chi connectivity index (χ1v) is 13.5. The largest absolute Gasteiger partial charge is 0.343 e. The second-order valence-corrected chi connectivity index (χ2v) is 10.7. The molecule has 0 radical (unpaired) electrons. The number of nitrogens with zero attached hydrogens (tertiary/aromatic N) is 2. The van der Waals surface area contributed by atoms with Crippen LogP contribution in [0, 0.1) is 11.8 Å². The summed E-state index contributed by atoms with van der Waals surface area (Å²) in [5.74, 6) is 0.400. The van der Waals surface area contributed by atoms with E-state index in [-0.39, 0.29) is 30.2 Å². The van der Waals surface area contributed by atoms with E-state index in [2.05, 4.69) is 50.5 Å². The minimum absolute atomic E-state index is 0.0316. The molecule has 2 atom stereocenters. The summed E-state index contributed by atoms with van der Waals surface area (Å²) in [4.78, 5) is 43.1. The molecule has 1 heterocycles. The van der Waals surface area contributed by atoms with Gasteiger partial charge in [0, 0.05) is 26.2 Å². The predicted molar refractivity (Wildman–Crippen MR) is 145 cm³/mol. The number of carbonyl (C=O) groups excluding carboxylic acids is 3. The molecule has 200 valence electrons. The van der Waals surface area contributed by atoms with Crippen molar-refractivity contribution in [3.63, 3.8) is 0 Å². The predicted octanol–water partition coefficient (Wildman–Crippen LogP) is 3.40. The zero-order chi connectivity index (χ0) is 26.5. The van der Waals surface area contributed by atoms with E-state index >= 15 is 0 Å². The Morgan fingerprint density at radius 3 is 2.22 bits per heavy atom. The number of rotatable bonds is 9. The van der Waals surface area contributed by atoms with Crippen LogP contribution in [0.25, 0.3) is 0 Å². The Morgan fingerprint density at radius 1 is 0.917 bits per heavy atom. The molecule has 1 aromatic carbocycles. The average Bonchev–Trinajstić information content (AvgIpc) is 2.84. The fraction of sp³-hybridized carbons (Fsp3) is 0.621. The third kappa shape index (κ3) is 10.5. The van der Waals surface area contributed by atoms with Gasteiger partial charge >= 0.3 is 0 Å². The summed E-state index contributed by atoms with van der Waals surface area (Å²) in [6, 6.07) is 9.10. The first-order valence-electron chi connectivity index (χ1n) is 13.5. The van der Waals surface area contributed by atoms with Gasteiger partial charge in [0.1, 0.15) is 6.04 Å². The van der Waals surface area contributed by atoms with Crippen molar-refractivity contribution in [2.75, 3.05) is 32.7 Å². The molecule has 0 aromatic heterocycles. The van der Waals surface area contributed by atoms with Crippen LogP contribution < -0.4 is 10.6 Å².